The minimum Gasteiger partial charge on any atom is -0.454 e. The number of hydrogen-bond donors (Lipinski definition) is 2. The highest BCUT2D eigenvalue weighted by Gasteiger charge is 2.28. The maximum Gasteiger partial charge on any atom is 0.221 e. The Morgan fingerprint density at radius 3 is 3.03 bits per heavy atom. The van der Waals surface area contributed by atoms with Crippen molar-refractivity contribution < 1.29 is 13.9 Å². The number of para-hydroxylation sites is 1. The predicted octanol–water partition coefficient (Wildman–Crippen LogP) is 3.66. The van der Waals surface area contributed by atoms with E-state index in [9.17, 15) is 9.18 Å². The second-order valence-electron chi connectivity index (χ2n) is 7.53. The molecule has 0 aliphatic carbocycles. The third-order valence-electron chi connectivity index (χ3n) is 5.06. The molecular weight excluding hydrogens is 407 g/mol. The van der Waals surface area contributed by atoms with Crippen LogP contribution in [0.2, 0.25) is 5.02 Å². The Hall–Kier alpha value is -2.64. The fourth-order valence-corrected chi connectivity index (χ4v) is 3.81. The second-order valence-corrected chi connectivity index (χ2v) is 7.97. The smallest absolute Gasteiger partial charge is 0.221 e. The first-order valence-corrected chi connectivity index (χ1v) is 10.4. The third-order valence-corrected chi connectivity index (χ3v) is 5.30. The zero-order valence-electron chi connectivity index (χ0n) is 16.7. The van der Waals surface area contributed by atoms with Gasteiger partial charge in [0, 0.05) is 43.7 Å². The first kappa shape index (κ1) is 20.6. The quantitative estimate of drug-likeness (QED) is 0.776. The fraction of sp³-hybridized carbons (Fsp3) is 0.364. The van der Waals surface area contributed by atoms with Gasteiger partial charge in [0.05, 0.1) is 5.56 Å². The number of carbonyl (C=O) groups excluding carboxylic acids is 1. The van der Waals surface area contributed by atoms with Crippen molar-refractivity contribution in [1.82, 2.24) is 15.5 Å². The van der Waals surface area contributed by atoms with Crippen molar-refractivity contribution >= 4 is 29.0 Å². The number of carbonyl (C=O) groups is 1. The lowest BCUT2D eigenvalue weighted by Crippen LogP contribution is -2.54. The highest BCUT2D eigenvalue weighted by molar-refractivity contribution is 6.31. The molecule has 1 fully saturated rings. The Balaban J connectivity index is 1.59. The van der Waals surface area contributed by atoms with Crippen molar-refractivity contribution in [3.63, 3.8) is 0 Å². The van der Waals surface area contributed by atoms with Gasteiger partial charge in [-0.05, 0) is 37.3 Å². The molecule has 0 radical (unpaired) electrons. The van der Waals surface area contributed by atoms with Gasteiger partial charge < -0.3 is 20.3 Å². The number of amidine groups is 1. The summed E-state index contributed by atoms with van der Waals surface area (Å²) in [5, 5.41) is 6.59. The van der Waals surface area contributed by atoms with Crippen LogP contribution in [-0.4, -0.2) is 55.0 Å². The number of ether oxygens (including phenoxy) is 1. The molecule has 2 aliphatic heterocycles. The summed E-state index contributed by atoms with van der Waals surface area (Å²) in [7, 11) is 0. The molecule has 2 N–H and O–H groups in total. The number of hydrogen-bond acceptors (Lipinski definition) is 5. The molecule has 4 rings (SSSR count). The largest absolute Gasteiger partial charge is 0.454 e. The number of nitrogens with one attached hydrogen (secondary N) is 2. The summed E-state index contributed by atoms with van der Waals surface area (Å²) in [5.41, 5.74) is 1.56. The van der Waals surface area contributed by atoms with Crippen LogP contribution in [0, 0.1) is 0 Å². The average molecular weight is 431 g/mol. The van der Waals surface area contributed by atoms with Gasteiger partial charge in [-0.3, -0.25) is 4.79 Å². The molecule has 0 spiro atoms. The molecule has 30 heavy (non-hydrogen) atoms. The molecule has 2 aliphatic rings. The number of benzene rings is 2. The van der Waals surface area contributed by atoms with E-state index in [4.69, 9.17) is 21.3 Å². The molecule has 2 aromatic rings. The van der Waals surface area contributed by atoms with Crippen LogP contribution in [-0.2, 0) is 4.79 Å². The lowest BCUT2D eigenvalue weighted by atomic mass is 10.1. The SMILES string of the molecule is CC(F)CNC(=O)C[C@H]1CN(C2=Nc3cc(Cl)ccc3Oc3ccccc32)CCN1. The van der Waals surface area contributed by atoms with Crippen LogP contribution in [0.4, 0.5) is 10.1 Å². The maximum absolute atomic E-state index is 13.0. The molecule has 1 amide bonds. The minimum atomic E-state index is -1.06. The lowest BCUT2D eigenvalue weighted by molar-refractivity contribution is -0.122. The molecule has 6 nitrogen and oxygen atoms in total. The summed E-state index contributed by atoms with van der Waals surface area (Å²) in [6.07, 6.45) is -0.787. The van der Waals surface area contributed by atoms with Gasteiger partial charge in [-0.15, -0.1) is 0 Å². The number of aliphatic imine (C=N–C) groups is 1. The van der Waals surface area contributed by atoms with E-state index >= 15 is 0 Å². The van der Waals surface area contributed by atoms with E-state index in [0.717, 1.165) is 23.7 Å². The number of rotatable bonds is 4. The lowest BCUT2D eigenvalue weighted by Gasteiger charge is -2.35. The number of alkyl halides is 1. The Bertz CT molecular complexity index is 966. The van der Waals surface area contributed by atoms with Crippen LogP contribution in [0.15, 0.2) is 47.5 Å². The standard InChI is InChI=1S/C22H24ClFN4O2/c1-14(24)12-26-21(29)11-16-13-28(9-8-25-16)22-17-4-2-3-5-19(17)30-20-7-6-15(23)10-18(20)27-22/h2-7,10,14,16,25H,8-9,11-13H2,1H3,(H,26,29)/t14?,16-/m0/s1. The van der Waals surface area contributed by atoms with Gasteiger partial charge in [-0.25, -0.2) is 9.38 Å². The van der Waals surface area contributed by atoms with Crippen molar-refractivity contribution in [3.05, 3.63) is 53.1 Å². The molecular formula is C22H24ClFN4O2. The molecule has 0 saturated carbocycles. The number of fused-ring (bicyclic) bond motifs is 2. The van der Waals surface area contributed by atoms with Crippen molar-refractivity contribution in [3.8, 4) is 11.5 Å². The highest BCUT2D eigenvalue weighted by Crippen LogP contribution is 2.39. The summed E-state index contributed by atoms with van der Waals surface area (Å²) in [5.74, 6) is 1.99. The zero-order valence-corrected chi connectivity index (χ0v) is 17.5. The van der Waals surface area contributed by atoms with Crippen LogP contribution in [0.3, 0.4) is 0 Å². The summed E-state index contributed by atoms with van der Waals surface area (Å²) in [4.78, 5) is 19.2. The Labute approximate surface area is 180 Å². The third kappa shape index (κ3) is 4.74. The summed E-state index contributed by atoms with van der Waals surface area (Å²) < 4.78 is 19.1. The van der Waals surface area contributed by atoms with Crippen LogP contribution >= 0.6 is 11.6 Å². The van der Waals surface area contributed by atoms with E-state index in [1.807, 2.05) is 30.3 Å². The molecule has 2 atom stereocenters. The van der Waals surface area contributed by atoms with Crippen LogP contribution < -0.4 is 15.4 Å². The van der Waals surface area contributed by atoms with E-state index in [-0.39, 0.29) is 24.9 Å². The van der Waals surface area contributed by atoms with Gasteiger partial charge in [-0.2, -0.15) is 0 Å². The molecule has 158 valence electrons. The summed E-state index contributed by atoms with van der Waals surface area (Å²) >= 11 is 6.19. The second kappa shape index (κ2) is 9.02. The summed E-state index contributed by atoms with van der Waals surface area (Å²) in [6, 6.07) is 13.1. The Morgan fingerprint density at radius 1 is 1.37 bits per heavy atom. The predicted molar refractivity (Wildman–Crippen MR) is 116 cm³/mol. The van der Waals surface area contributed by atoms with E-state index < -0.39 is 6.17 Å². The van der Waals surface area contributed by atoms with Gasteiger partial charge in [0.15, 0.2) is 5.75 Å². The molecule has 2 heterocycles. The zero-order chi connectivity index (χ0) is 21.1. The van der Waals surface area contributed by atoms with Gasteiger partial charge in [0.1, 0.15) is 23.4 Å². The molecule has 1 saturated heterocycles. The van der Waals surface area contributed by atoms with E-state index in [2.05, 4.69) is 15.5 Å². The number of halogens is 2. The van der Waals surface area contributed by atoms with Gasteiger partial charge in [0.25, 0.3) is 0 Å². The first-order chi connectivity index (χ1) is 14.5. The maximum atomic E-state index is 13.0. The van der Waals surface area contributed by atoms with E-state index in [1.54, 1.807) is 12.1 Å². The molecule has 2 aromatic carbocycles. The topological polar surface area (TPSA) is 66.0 Å². The average Bonchev–Trinajstić information content (AvgIpc) is 2.89. The Morgan fingerprint density at radius 2 is 2.20 bits per heavy atom. The minimum absolute atomic E-state index is 0.0320. The number of piperazine rings is 1. The van der Waals surface area contributed by atoms with Crippen molar-refractivity contribution in [1.29, 1.82) is 0 Å². The van der Waals surface area contributed by atoms with Gasteiger partial charge >= 0.3 is 0 Å². The number of amides is 1. The van der Waals surface area contributed by atoms with Crippen LogP contribution in [0.1, 0.15) is 18.9 Å². The van der Waals surface area contributed by atoms with Gasteiger partial charge in [0.2, 0.25) is 5.91 Å². The van der Waals surface area contributed by atoms with Crippen molar-refractivity contribution in [2.24, 2.45) is 4.99 Å². The van der Waals surface area contributed by atoms with E-state index in [1.165, 1.54) is 6.92 Å². The Kier molecular flexibility index (Phi) is 6.20. The monoisotopic (exact) mass is 430 g/mol. The van der Waals surface area contributed by atoms with Crippen molar-refractivity contribution in [2.45, 2.75) is 25.6 Å². The van der Waals surface area contributed by atoms with Crippen LogP contribution in [0.25, 0.3) is 0 Å². The van der Waals surface area contributed by atoms with Gasteiger partial charge in [-0.1, -0.05) is 23.7 Å². The number of nitrogens with zero attached hydrogens (tertiary/aromatic N) is 2. The highest BCUT2D eigenvalue weighted by atomic mass is 35.5. The molecule has 0 aromatic heterocycles. The molecule has 0 bridgehead atoms. The normalized spacial score (nSPS) is 19.0. The fourth-order valence-electron chi connectivity index (χ4n) is 3.64. The van der Waals surface area contributed by atoms with E-state index in [0.29, 0.717) is 29.5 Å². The molecule has 1 unspecified atom stereocenters. The first-order valence-electron chi connectivity index (χ1n) is 10.0. The van der Waals surface area contributed by atoms with Crippen molar-refractivity contribution in [2.75, 3.05) is 26.2 Å². The van der Waals surface area contributed by atoms with Crippen LogP contribution in [0.5, 0.6) is 11.5 Å². The summed E-state index contributed by atoms with van der Waals surface area (Å²) in [6.45, 7) is 3.51. The molecule has 8 heteroatoms.